The van der Waals surface area contributed by atoms with Crippen LogP contribution < -0.4 is 5.32 Å². The smallest absolute Gasteiger partial charge is 0.251 e. The number of carbonyl (C=O) groups is 1. The fourth-order valence-electron chi connectivity index (χ4n) is 3.87. The second-order valence-electron chi connectivity index (χ2n) is 7.14. The summed E-state index contributed by atoms with van der Waals surface area (Å²) in [6, 6.07) is 22.7. The van der Waals surface area contributed by atoms with Crippen molar-refractivity contribution in [3.05, 3.63) is 89.5 Å². The van der Waals surface area contributed by atoms with Gasteiger partial charge < -0.3 is 5.32 Å². The first kappa shape index (κ1) is 16.6. The molecule has 2 unspecified atom stereocenters. The molecule has 2 heteroatoms. The van der Waals surface area contributed by atoms with E-state index < -0.39 is 0 Å². The number of amides is 1. The topological polar surface area (TPSA) is 29.1 Å². The van der Waals surface area contributed by atoms with E-state index in [1.165, 1.54) is 21.9 Å². The van der Waals surface area contributed by atoms with Gasteiger partial charge in [-0.2, -0.15) is 0 Å². The largest absolute Gasteiger partial charge is 0.350 e. The van der Waals surface area contributed by atoms with E-state index in [0.717, 1.165) is 12.8 Å². The number of nitrogens with one attached hydrogen (secondary N) is 1. The van der Waals surface area contributed by atoms with E-state index in [2.05, 4.69) is 60.8 Å². The number of carbonyl (C=O) groups excluding carboxylic acids is 1. The molecule has 0 fully saturated rings. The summed E-state index contributed by atoms with van der Waals surface area (Å²) in [5.41, 5.74) is 3.42. The van der Waals surface area contributed by atoms with Crippen LogP contribution in [0, 0.1) is 0 Å². The lowest BCUT2D eigenvalue weighted by Crippen LogP contribution is -2.33. The van der Waals surface area contributed by atoms with Gasteiger partial charge in [0.25, 0.3) is 5.91 Å². The van der Waals surface area contributed by atoms with Crippen LogP contribution in [0.15, 0.2) is 72.8 Å². The third kappa shape index (κ3) is 3.41. The fraction of sp³-hybridized carbons (Fsp3) is 0.208. The molecule has 0 saturated carbocycles. The molecule has 4 rings (SSSR count). The molecule has 130 valence electrons. The molecular formula is C24H23NO. The summed E-state index contributed by atoms with van der Waals surface area (Å²) in [6.07, 6.45) is 6.45. The van der Waals surface area contributed by atoms with Crippen LogP contribution in [0.5, 0.6) is 0 Å². The summed E-state index contributed by atoms with van der Waals surface area (Å²) in [5.74, 6) is 0.439. The number of hydrogen-bond acceptors (Lipinski definition) is 1. The van der Waals surface area contributed by atoms with Crippen molar-refractivity contribution in [2.75, 3.05) is 0 Å². The summed E-state index contributed by atoms with van der Waals surface area (Å²) in [7, 11) is 0. The third-order valence-corrected chi connectivity index (χ3v) is 5.16. The number of hydrogen-bond donors (Lipinski definition) is 1. The van der Waals surface area contributed by atoms with Crippen LogP contribution in [0.25, 0.3) is 16.8 Å². The van der Waals surface area contributed by atoms with Crippen LogP contribution in [-0.4, -0.2) is 11.9 Å². The maximum absolute atomic E-state index is 12.4. The lowest BCUT2D eigenvalue weighted by Gasteiger charge is -2.26. The highest BCUT2D eigenvalue weighted by Crippen LogP contribution is 2.35. The molecule has 0 radical (unpaired) electrons. The van der Waals surface area contributed by atoms with Crippen molar-refractivity contribution in [1.29, 1.82) is 0 Å². The Hall–Kier alpha value is -2.87. The predicted molar refractivity (Wildman–Crippen MR) is 108 cm³/mol. The lowest BCUT2D eigenvalue weighted by molar-refractivity contribution is 0.0937. The summed E-state index contributed by atoms with van der Waals surface area (Å²) >= 11 is 0. The highest BCUT2D eigenvalue weighted by atomic mass is 16.1. The average Bonchev–Trinajstić information content (AvgIpc) is 2.67. The first-order valence-corrected chi connectivity index (χ1v) is 9.26. The minimum absolute atomic E-state index is 0.00295. The molecule has 0 bridgehead atoms. The Kier molecular flexibility index (Phi) is 4.57. The summed E-state index contributed by atoms with van der Waals surface area (Å²) < 4.78 is 0. The number of allylic oxidation sites excluding steroid dienone is 1. The molecule has 0 heterocycles. The highest BCUT2D eigenvalue weighted by Gasteiger charge is 2.21. The number of rotatable bonds is 4. The first-order valence-electron chi connectivity index (χ1n) is 9.26. The van der Waals surface area contributed by atoms with E-state index in [-0.39, 0.29) is 11.9 Å². The van der Waals surface area contributed by atoms with E-state index >= 15 is 0 Å². The summed E-state index contributed by atoms with van der Waals surface area (Å²) in [6.45, 7) is 2.10. The van der Waals surface area contributed by atoms with E-state index in [4.69, 9.17) is 0 Å². The molecule has 1 aliphatic carbocycles. The molecular weight excluding hydrogens is 318 g/mol. The van der Waals surface area contributed by atoms with E-state index in [1.807, 2.05) is 30.3 Å². The van der Waals surface area contributed by atoms with Gasteiger partial charge in [-0.15, -0.1) is 0 Å². The minimum atomic E-state index is 0.00295. The Morgan fingerprint density at radius 1 is 1.04 bits per heavy atom. The van der Waals surface area contributed by atoms with E-state index in [9.17, 15) is 4.79 Å². The molecule has 2 atom stereocenters. The van der Waals surface area contributed by atoms with Gasteiger partial charge in [-0.25, -0.2) is 0 Å². The van der Waals surface area contributed by atoms with Gasteiger partial charge in [-0.1, -0.05) is 60.7 Å². The molecule has 26 heavy (non-hydrogen) atoms. The molecule has 2 nitrogen and oxygen atoms in total. The summed E-state index contributed by atoms with van der Waals surface area (Å²) in [4.78, 5) is 12.4. The Morgan fingerprint density at radius 3 is 2.50 bits per heavy atom. The van der Waals surface area contributed by atoms with Gasteiger partial charge in [0.15, 0.2) is 0 Å². The molecule has 3 aromatic carbocycles. The highest BCUT2D eigenvalue weighted by molar-refractivity contribution is 5.94. The van der Waals surface area contributed by atoms with Crippen molar-refractivity contribution >= 4 is 22.8 Å². The summed E-state index contributed by atoms with van der Waals surface area (Å²) in [5, 5.41) is 5.71. The fourth-order valence-corrected chi connectivity index (χ4v) is 3.87. The van der Waals surface area contributed by atoms with Gasteiger partial charge in [0.1, 0.15) is 0 Å². The van der Waals surface area contributed by atoms with Crippen LogP contribution in [0.3, 0.4) is 0 Å². The van der Waals surface area contributed by atoms with Gasteiger partial charge in [-0.3, -0.25) is 4.79 Å². The standard InChI is InChI=1S/C24H23NO/c1-17(25-24(26)18-8-3-2-4-9-18)14-21-12-7-13-22-15-19-10-5-6-11-20(19)16-23(21)22/h2-11,13,15-17,21H,12,14H2,1H3,(H,25,26). The Bertz CT molecular complexity index is 958. The van der Waals surface area contributed by atoms with Gasteiger partial charge in [0.2, 0.25) is 0 Å². The third-order valence-electron chi connectivity index (χ3n) is 5.16. The van der Waals surface area contributed by atoms with Crippen LogP contribution in [-0.2, 0) is 0 Å². The van der Waals surface area contributed by atoms with Crippen molar-refractivity contribution in [2.24, 2.45) is 0 Å². The van der Waals surface area contributed by atoms with Crippen LogP contribution in [0.2, 0.25) is 0 Å². The molecule has 0 spiro atoms. The molecule has 3 aromatic rings. The zero-order chi connectivity index (χ0) is 17.9. The maximum Gasteiger partial charge on any atom is 0.251 e. The molecule has 1 aliphatic rings. The monoisotopic (exact) mass is 341 g/mol. The van der Waals surface area contributed by atoms with Gasteiger partial charge >= 0.3 is 0 Å². The van der Waals surface area contributed by atoms with E-state index in [0.29, 0.717) is 11.5 Å². The maximum atomic E-state index is 12.4. The zero-order valence-corrected chi connectivity index (χ0v) is 15.0. The SMILES string of the molecule is CC(CC1CC=Cc2cc3ccccc3cc21)NC(=O)c1ccccc1. The lowest BCUT2D eigenvalue weighted by atomic mass is 9.82. The molecule has 0 saturated heterocycles. The second-order valence-corrected chi connectivity index (χ2v) is 7.14. The predicted octanol–water partition coefficient (Wildman–Crippen LogP) is 5.55. The molecule has 1 N–H and O–H groups in total. The second kappa shape index (κ2) is 7.17. The van der Waals surface area contributed by atoms with Crippen molar-refractivity contribution in [3.63, 3.8) is 0 Å². The molecule has 1 amide bonds. The van der Waals surface area contributed by atoms with Gasteiger partial charge in [-0.05, 0) is 65.8 Å². The quantitative estimate of drug-likeness (QED) is 0.662. The van der Waals surface area contributed by atoms with Gasteiger partial charge in [0, 0.05) is 11.6 Å². The zero-order valence-electron chi connectivity index (χ0n) is 15.0. The minimum Gasteiger partial charge on any atom is -0.350 e. The Morgan fingerprint density at radius 2 is 1.73 bits per heavy atom. The van der Waals surface area contributed by atoms with Crippen molar-refractivity contribution in [2.45, 2.75) is 31.7 Å². The molecule has 0 aromatic heterocycles. The van der Waals surface area contributed by atoms with Gasteiger partial charge in [0.05, 0.1) is 0 Å². The normalized spacial score (nSPS) is 16.9. The molecule has 0 aliphatic heterocycles. The first-order chi connectivity index (χ1) is 12.7. The van der Waals surface area contributed by atoms with Crippen LogP contribution in [0.1, 0.15) is 47.2 Å². The van der Waals surface area contributed by atoms with Crippen LogP contribution >= 0.6 is 0 Å². The Balaban J connectivity index is 1.52. The van der Waals surface area contributed by atoms with Crippen LogP contribution in [0.4, 0.5) is 0 Å². The van der Waals surface area contributed by atoms with Crippen molar-refractivity contribution < 1.29 is 4.79 Å². The Labute approximate surface area is 154 Å². The average molecular weight is 341 g/mol. The van der Waals surface area contributed by atoms with Crippen molar-refractivity contribution in [3.8, 4) is 0 Å². The number of benzene rings is 3. The van der Waals surface area contributed by atoms with E-state index in [1.54, 1.807) is 0 Å². The van der Waals surface area contributed by atoms with Crippen molar-refractivity contribution in [1.82, 2.24) is 5.32 Å². The number of fused-ring (bicyclic) bond motifs is 2.